The minimum Gasteiger partial charge on any atom is -0.392 e. The van der Waals surface area contributed by atoms with Crippen LogP contribution in [0.4, 0.5) is 0 Å². The first kappa shape index (κ1) is 20.4. The Morgan fingerprint density at radius 3 is 2.86 bits per heavy atom. The second-order valence-electron chi connectivity index (χ2n) is 9.02. The zero-order chi connectivity index (χ0) is 20.6. The Morgan fingerprint density at radius 1 is 1.31 bits per heavy atom. The molecular weight excluding hydrogens is 386 g/mol. The Balaban J connectivity index is 1.60. The Hall–Kier alpha value is -1.89. The van der Waals surface area contributed by atoms with E-state index in [4.69, 9.17) is 11.6 Å². The smallest absolute Gasteiger partial charge is 0.0958 e. The van der Waals surface area contributed by atoms with Gasteiger partial charge in [0.05, 0.1) is 35.2 Å². The van der Waals surface area contributed by atoms with Gasteiger partial charge in [-0.15, -0.1) is 0 Å². The van der Waals surface area contributed by atoms with Crippen LogP contribution in [0.2, 0.25) is 5.02 Å². The lowest BCUT2D eigenvalue weighted by Crippen LogP contribution is -2.44. The Morgan fingerprint density at radius 2 is 2.14 bits per heavy atom. The van der Waals surface area contributed by atoms with E-state index >= 15 is 0 Å². The molecule has 2 N–H and O–H groups in total. The number of nitrogens with zero attached hydrogens (tertiary/aromatic N) is 4. The summed E-state index contributed by atoms with van der Waals surface area (Å²) in [6.07, 6.45) is 9.50. The van der Waals surface area contributed by atoms with Gasteiger partial charge in [0.2, 0.25) is 0 Å². The summed E-state index contributed by atoms with van der Waals surface area (Å²) in [4.78, 5) is 4.59. The number of aromatic nitrogens is 4. The molecular formula is C22H30ClN5O. The van der Waals surface area contributed by atoms with Crippen molar-refractivity contribution in [1.29, 1.82) is 0 Å². The van der Waals surface area contributed by atoms with Crippen molar-refractivity contribution in [3.63, 3.8) is 0 Å². The molecule has 1 aliphatic heterocycles. The molecule has 1 saturated heterocycles. The second-order valence-corrected chi connectivity index (χ2v) is 9.45. The van der Waals surface area contributed by atoms with Crippen LogP contribution in [0.25, 0.3) is 22.2 Å². The molecule has 3 heterocycles. The summed E-state index contributed by atoms with van der Waals surface area (Å²) in [6, 6.07) is 4.10. The van der Waals surface area contributed by atoms with Crippen LogP contribution in [0.1, 0.15) is 46.5 Å². The van der Waals surface area contributed by atoms with Gasteiger partial charge >= 0.3 is 0 Å². The number of imidazole rings is 1. The lowest BCUT2D eigenvalue weighted by molar-refractivity contribution is 0.0909. The van der Waals surface area contributed by atoms with Gasteiger partial charge in [0.15, 0.2) is 0 Å². The van der Waals surface area contributed by atoms with E-state index in [1.54, 1.807) is 0 Å². The summed E-state index contributed by atoms with van der Waals surface area (Å²) in [6.45, 7) is 8.25. The molecule has 1 aliphatic rings. The first-order valence-electron chi connectivity index (χ1n) is 10.4. The van der Waals surface area contributed by atoms with Gasteiger partial charge in [0.25, 0.3) is 0 Å². The van der Waals surface area contributed by atoms with Crippen LogP contribution < -0.4 is 5.32 Å². The fourth-order valence-electron chi connectivity index (χ4n) is 4.10. The van der Waals surface area contributed by atoms with Crippen molar-refractivity contribution in [3.8, 4) is 11.1 Å². The highest BCUT2D eigenvalue weighted by molar-refractivity contribution is 6.31. The number of fused-ring (bicyclic) bond motifs is 1. The quantitative estimate of drug-likeness (QED) is 0.655. The summed E-state index contributed by atoms with van der Waals surface area (Å²) in [7, 11) is 0. The average molecular weight is 416 g/mol. The van der Waals surface area contributed by atoms with Crippen molar-refractivity contribution in [1.82, 2.24) is 24.6 Å². The number of halogens is 1. The standard InChI is InChI=1S/C22H30ClN5O/c1-22(2,3)28-13-15(12-26-28)17-10-16(23)11-19-21(17)27(14-25-19)9-5-6-18-20(29)7-4-8-24-18/h10-14,18,20,24,29H,4-9H2,1-3H3/t18-,20+/m1/s1. The predicted octanol–water partition coefficient (Wildman–Crippen LogP) is 4.20. The molecule has 2 aromatic heterocycles. The van der Waals surface area contributed by atoms with E-state index < -0.39 is 0 Å². The Bertz CT molecular complexity index is 987. The molecule has 0 radical (unpaired) electrons. The van der Waals surface area contributed by atoms with Crippen molar-refractivity contribution in [3.05, 3.63) is 35.9 Å². The lowest BCUT2D eigenvalue weighted by Gasteiger charge is -2.29. The zero-order valence-corrected chi connectivity index (χ0v) is 18.2. The molecule has 1 fully saturated rings. The number of aliphatic hydroxyl groups is 1. The molecule has 7 heteroatoms. The van der Waals surface area contributed by atoms with Crippen LogP contribution in [0.15, 0.2) is 30.9 Å². The van der Waals surface area contributed by atoms with E-state index in [0.717, 1.165) is 60.9 Å². The number of rotatable bonds is 5. The van der Waals surface area contributed by atoms with E-state index in [9.17, 15) is 5.11 Å². The molecule has 0 bridgehead atoms. The number of hydrogen-bond acceptors (Lipinski definition) is 4. The number of aliphatic hydroxyl groups excluding tert-OH is 1. The molecule has 29 heavy (non-hydrogen) atoms. The van der Waals surface area contributed by atoms with Crippen LogP contribution >= 0.6 is 11.6 Å². The SMILES string of the molecule is CC(C)(C)n1cc(-c2cc(Cl)cc3ncn(CCC[C@H]4NCCC[C@@H]4O)c23)cn1. The van der Waals surface area contributed by atoms with Gasteiger partial charge in [-0.25, -0.2) is 4.98 Å². The van der Waals surface area contributed by atoms with Gasteiger partial charge in [0, 0.05) is 34.9 Å². The molecule has 6 nitrogen and oxygen atoms in total. The predicted molar refractivity (Wildman–Crippen MR) is 117 cm³/mol. The molecule has 156 valence electrons. The molecule has 1 aromatic carbocycles. The normalized spacial score (nSPS) is 20.4. The van der Waals surface area contributed by atoms with Crippen molar-refractivity contribution >= 4 is 22.6 Å². The minimum atomic E-state index is -0.235. The zero-order valence-electron chi connectivity index (χ0n) is 17.4. The third-order valence-corrected chi connectivity index (χ3v) is 5.94. The number of hydrogen-bond donors (Lipinski definition) is 2. The summed E-state index contributed by atoms with van der Waals surface area (Å²) in [5, 5.41) is 18.9. The van der Waals surface area contributed by atoms with Crippen LogP contribution in [0.3, 0.4) is 0 Å². The number of piperidine rings is 1. The van der Waals surface area contributed by atoms with Crippen LogP contribution in [-0.4, -0.2) is 43.1 Å². The van der Waals surface area contributed by atoms with Gasteiger partial charge < -0.3 is 15.0 Å². The summed E-state index contributed by atoms with van der Waals surface area (Å²) in [5.41, 5.74) is 3.99. The molecule has 0 unspecified atom stereocenters. The highest BCUT2D eigenvalue weighted by Crippen LogP contribution is 2.32. The lowest BCUT2D eigenvalue weighted by atomic mass is 9.97. The maximum Gasteiger partial charge on any atom is 0.0958 e. The number of benzene rings is 1. The van der Waals surface area contributed by atoms with Crippen LogP contribution in [0, 0.1) is 0 Å². The van der Waals surface area contributed by atoms with E-state index in [1.165, 1.54) is 0 Å². The largest absolute Gasteiger partial charge is 0.392 e. The monoisotopic (exact) mass is 415 g/mol. The van der Waals surface area contributed by atoms with E-state index in [0.29, 0.717) is 5.02 Å². The topological polar surface area (TPSA) is 67.9 Å². The van der Waals surface area contributed by atoms with Crippen LogP contribution in [0.5, 0.6) is 0 Å². The molecule has 0 saturated carbocycles. The Kier molecular flexibility index (Phi) is 5.69. The van der Waals surface area contributed by atoms with E-state index in [-0.39, 0.29) is 17.7 Å². The highest BCUT2D eigenvalue weighted by Gasteiger charge is 2.22. The van der Waals surface area contributed by atoms with Gasteiger partial charge in [-0.3, -0.25) is 4.68 Å². The number of nitrogens with one attached hydrogen (secondary N) is 1. The van der Waals surface area contributed by atoms with Gasteiger partial charge in [-0.1, -0.05) is 11.6 Å². The van der Waals surface area contributed by atoms with Crippen molar-refractivity contribution in [2.75, 3.05) is 6.54 Å². The molecule has 3 aromatic rings. The van der Waals surface area contributed by atoms with Crippen molar-refractivity contribution in [2.24, 2.45) is 0 Å². The van der Waals surface area contributed by atoms with Crippen LogP contribution in [-0.2, 0) is 12.1 Å². The van der Waals surface area contributed by atoms with Gasteiger partial charge in [0.1, 0.15) is 0 Å². The molecule has 0 amide bonds. The third kappa shape index (κ3) is 4.34. The second kappa shape index (κ2) is 8.09. The summed E-state index contributed by atoms with van der Waals surface area (Å²) >= 11 is 6.39. The minimum absolute atomic E-state index is 0.0793. The maximum absolute atomic E-state index is 10.2. The molecule has 0 aliphatic carbocycles. The fraction of sp³-hybridized carbons (Fsp3) is 0.545. The summed E-state index contributed by atoms with van der Waals surface area (Å²) < 4.78 is 4.18. The van der Waals surface area contributed by atoms with Crippen molar-refractivity contribution < 1.29 is 5.11 Å². The third-order valence-electron chi connectivity index (χ3n) is 5.72. The highest BCUT2D eigenvalue weighted by atomic mass is 35.5. The first-order chi connectivity index (χ1) is 13.8. The van der Waals surface area contributed by atoms with E-state index in [2.05, 4.69) is 46.9 Å². The maximum atomic E-state index is 10.2. The van der Waals surface area contributed by atoms with Crippen molar-refractivity contribution in [2.45, 2.75) is 70.7 Å². The number of aryl methyl sites for hydroxylation is 1. The molecule has 4 rings (SSSR count). The fourth-order valence-corrected chi connectivity index (χ4v) is 4.32. The first-order valence-corrected chi connectivity index (χ1v) is 10.8. The van der Waals surface area contributed by atoms with Gasteiger partial charge in [-0.05, 0) is 65.1 Å². The summed E-state index contributed by atoms with van der Waals surface area (Å²) in [5.74, 6) is 0. The van der Waals surface area contributed by atoms with E-state index in [1.807, 2.05) is 29.3 Å². The average Bonchev–Trinajstić information content (AvgIpc) is 3.30. The molecule has 2 atom stereocenters. The molecule has 0 spiro atoms. The Labute approximate surface area is 176 Å². The van der Waals surface area contributed by atoms with Gasteiger partial charge in [-0.2, -0.15) is 5.10 Å².